The van der Waals surface area contributed by atoms with Crippen LogP contribution in [-0.4, -0.2) is 57.3 Å². The van der Waals surface area contributed by atoms with Gasteiger partial charge in [0.05, 0.1) is 26.6 Å². The third-order valence-corrected chi connectivity index (χ3v) is 7.07. The molecule has 2 amide bonds. The van der Waals surface area contributed by atoms with Crippen LogP contribution in [0, 0.1) is 5.92 Å². The van der Waals surface area contributed by atoms with Gasteiger partial charge >= 0.3 is 12.1 Å². The smallest absolute Gasteiger partial charge is 0.475 e. The van der Waals surface area contributed by atoms with Gasteiger partial charge < -0.3 is 21.1 Å². The number of amides is 2. The van der Waals surface area contributed by atoms with Crippen molar-refractivity contribution in [2.24, 2.45) is 10.9 Å². The molecular formula is C26H22ClF3N6O4S. The number of carboxylic acids is 1. The summed E-state index contributed by atoms with van der Waals surface area (Å²) in [5, 5.41) is 17.3. The van der Waals surface area contributed by atoms with E-state index in [0.29, 0.717) is 26.5 Å². The fraction of sp³-hybridized carbons (Fsp3) is 0.231. The van der Waals surface area contributed by atoms with Gasteiger partial charge in [0.25, 0.3) is 5.91 Å². The first kappa shape index (κ1) is 30.0. The van der Waals surface area contributed by atoms with Crippen LogP contribution in [0.5, 0.6) is 0 Å². The Kier molecular flexibility index (Phi) is 9.57. The molecule has 1 saturated heterocycles. The van der Waals surface area contributed by atoms with Gasteiger partial charge in [0.2, 0.25) is 5.91 Å². The van der Waals surface area contributed by atoms with Crippen molar-refractivity contribution in [3.05, 3.63) is 64.3 Å². The Balaban J connectivity index is 0.000000493. The van der Waals surface area contributed by atoms with Gasteiger partial charge in [0, 0.05) is 24.0 Å². The monoisotopic (exact) mass is 606 g/mol. The van der Waals surface area contributed by atoms with Crippen LogP contribution in [0.4, 0.5) is 24.5 Å². The molecule has 0 atom stereocenters. The number of anilines is 2. The highest BCUT2D eigenvalue weighted by atomic mass is 35.5. The number of benzene rings is 2. The van der Waals surface area contributed by atoms with Crippen molar-refractivity contribution < 1.29 is 32.7 Å². The number of carbonyl (C=O) groups excluding carboxylic acids is 2. The normalized spacial score (nSPS) is 16.6. The maximum Gasteiger partial charge on any atom is 0.490 e. The van der Waals surface area contributed by atoms with Crippen LogP contribution in [0.3, 0.4) is 0 Å². The zero-order valence-corrected chi connectivity index (χ0v) is 22.6. The molecule has 2 aliphatic rings. The van der Waals surface area contributed by atoms with Gasteiger partial charge in [-0.3, -0.25) is 19.6 Å². The second-order valence-electron chi connectivity index (χ2n) is 8.77. The first-order valence-electron chi connectivity index (χ1n) is 12.1. The number of hydrogen-bond acceptors (Lipinski definition) is 8. The summed E-state index contributed by atoms with van der Waals surface area (Å²) >= 11 is 7.58. The molecule has 41 heavy (non-hydrogen) atoms. The summed E-state index contributed by atoms with van der Waals surface area (Å²) in [5.74, 6) is -3.09. The largest absolute Gasteiger partial charge is 0.490 e. The second-order valence-corrected chi connectivity index (χ2v) is 10.2. The average Bonchev–Trinajstić information content (AvgIpc) is 3.28. The van der Waals surface area contributed by atoms with Crippen molar-refractivity contribution in [2.45, 2.75) is 19.0 Å². The van der Waals surface area contributed by atoms with E-state index in [1.807, 2.05) is 18.2 Å². The number of piperidine rings is 1. The van der Waals surface area contributed by atoms with E-state index < -0.39 is 12.1 Å². The van der Waals surface area contributed by atoms with Crippen LogP contribution in [0.2, 0.25) is 5.02 Å². The van der Waals surface area contributed by atoms with Gasteiger partial charge in [-0.2, -0.15) is 18.2 Å². The topological polar surface area (TPSA) is 146 Å². The molecule has 0 aliphatic carbocycles. The molecule has 214 valence electrons. The fourth-order valence-corrected chi connectivity index (χ4v) is 4.82. The SMILES string of the molecule is O=C(O)C(F)(F)F.O=C1N=C(Nc2cc(NC(=O)C3CCNCC3)ccc2Cl)S/C1=C\c1ccc2nccnc2c1. The molecule has 0 spiro atoms. The summed E-state index contributed by atoms with van der Waals surface area (Å²) in [4.78, 5) is 47.1. The summed E-state index contributed by atoms with van der Waals surface area (Å²) in [5.41, 5.74) is 3.57. The van der Waals surface area contributed by atoms with Crippen molar-refractivity contribution in [3.8, 4) is 0 Å². The van der Waals surface area contributed by atoms with Crippen LogP contribution < -0.4 is 16.0 Å². The number of nitrogens with zero attached hydrogens (tertiary/aromatic N) is 3. The number of carbonyl (C=O) groups is 3. The zero-order valence-electron chi connectivity index (χ0n) is 21.0. The van der Waals surface area contributed by atoms with Crippen molar-refractivity contribution in [2.75, 3.05) is 23.7 Å². The summed E-state index contributed by atoms with van der Waals surface area (Å²) in [6.07, 6.45) is 1.60. The molecule has 0 radical (unpaired) electrons. The van der Waals surface area contributed by atoms with Crippen molar-refractivity contribution in [3.63, 3.8) is 0 Å². The number of hydrogen-bond donors (Lipinski definition) is 4. The van der Waals surface area contributed by atoms with E-state index in [4.69, 9.17) is 21.5 Å². The summed E-state index contributed by atoms with van der Waals surface area (Å²) in [6, 6.07) is 10.8. The van der Waals surface area contributed by atoms with Crippen molar-refractivity contribution >= 4 is 74.8 Å². The summed E-state index contributed by atoms with van der Waals surface area (Å²) in [6.45, 7) is 1.69. The standard InChI is InChI=1S/C24H21ClN6O2S.C2HF3O2/c25-17-3-2-16(29-22(32)15-5-7-26-8-6-15)13-19(17)30-24-31-23(33)21(34-24)12-14-1-4-18-20(11-14)28-10-9-27-18;3-2(4,5)1(6)7/h1-4,9-13,15,26H,5-8H2,(H,29,32)(H,30,31,33);(H,6,7)/b21-12-;. The number of thioether (sulfide) groups is 1. The highest BCUT2D eigenvalue weighted by Gasteiger charge is 2.38. The molecular weight excluding hydrogens is 585 g/mol. The molecule has 3 heterocycles. The van der Waals surface area contributed by atoms with E-state index in [1.54, 1.807) is 36.7 Å². The average molecular weight is 607 g/mol. The Labute approximate surface area is 240 Å². The van der Waals surface area contributed by atoms with Gasteiger partial charge in [-0.1, -0.05) is 17.7 Å². The minimum atomic E-state index is -5.08. The molecule has 1 aromatic heterocycles. The molecule has 1 fully saturated rings. The number of nitrogens with one attached hydrogen (secondary N) is 3. The highest BCUT2D eigenvalue weighted by Crippen LogP contribution is 2.33. The molecule has 10 nitrogen and oxygen atoms in total. The predicted octanol–water partition coefficient (Wildman–Crippen LogP) is 4.94. The quantitative estimate of drug-likeness (QED) is 0.303. The van der Waals surface area contributed by atoms with E-state index in [9.17, 15) is 22.8 Å². The Morgan fingerprint density at radius 1 is 1.07 bits per heavy atom. The van der Waals surface area contributed by atoms with Gasteiger partial charge in [-0.25, -0.2) is 4.79 Å². The van der Waals surface area contributed by atoms with Crippen molar-refractivity contribution in [1.82, 2.24) is 15.3 Å². The van der Waals surface area contributed by atoms with E-state index >= 15 is 0 Å². The lowest BCUT2D eigenvalue weighted by Gasteiger charge is -2.22. The van der Waals surface area contributed by atoms with Gasteiger partial charge in [-0.05, 0) is 79.7 Å². The first-order valence-corrected chi connectivity index (χ1v) is 13.3. The lowest BCUT2D eigenvalue weighted by atomic mass is 9.97. The predicted molar refractivity (Wildman–Crippen MR) is 151 cm³/mol. The second kappa shape index (κ2) is 13.1. The van der Waals surface area contributed by atoms with Crippen LogP contribution in [-0.2, 0) is 14.4 Å². The van der Waals surface area contributed by atoms with Crippen LogP contribution in [0.25, 0.3) is 17.1 Å². The number of amidine groups is 1. The number of aromatic nitrogens is 2. The van der Waals surface area contributed by atoms with E-state index in [-0.39, 0.29) is 17.7 Å². The molecule has 0 saturated carbocycles. The number of fused-ring (bicyclic) bond motifs is 1. The Morgan fingerprint density at radius 2 is 1.76 bits per heavy atom. The maximum atomic E-state index is 12.6. The molecule has 5 rings (SSSR count). The third kappa shape index (κ3) is 8.25. The van der Waals surface area contributed by atoms with Crippen LogP contribution >= 0.6 is 23.4 Å². The Hall–Kier alpha value is -4.01. The maximum absolute atomic E-state index is 12.6. The third-order valence-electron chi connectivity index (χ3n) is 5.84. The number of alkyl halides is 3. The minimum Gasteiger partial charge on any atom is -0.475 e. The molecule has 4 N–H and O–H groups in total. The number of rotatable bonds is 4. The molecule has 15 heteroatoms. The lowest BCUT2D eigenvalue weighted by Crippen LogP contribution is -2.34. The van der Waals surface area contributed by atoms with Gasteiger partial charge in [0.1, 0.15) is 0 Å². The fourth-order valence-electron chi connectivity index (χ4n) is 3.83. The first-order chi connectivity index (χ1) is 19.5. The molecule has 3 aromatic rings. The number of aliphatic carboxylic acids is 1. The molecule has 2 aromatic carbocycles. The Morgan fingerprint density at radius 3 is 2.44 bits per heavy atom. The Bertz CT molecular complexity index is 1540. The van der Waals surface area contributed by atoms with Gasteiger partial charge in [0.15, 0.2) is 5.17 Å². The van der Waals surface area contributed by atoms with Crippen LogP contribution in [0.1, 0.15) is 18.4 Å². The van der Waals surface area contributed by atoms with E-state index in [1.165, 1.54) is 11.8 Å². The minimum absolute atomic E-state index is 0.00262. The molecule has 0 bridgehead atoms. The zero-order chi connectivity index (χ0) is 29.6. The summed E-state index contributed by atoms with van der Waals surface area (Å²) < 4.78 is 31.7. The van der Waals surface area contributed by atoms with Crippen LogP contribution in [0.15, 0.2) is 58.7 Å². The molecule has 0 unspecified atom stereocenters. The highest BCUT2D eigenvalue weighted by molar-refractivity contribution is 8.18. The number of carboxylic acid groups (broad SMARTS) is 1. The van der Waals surface area contributed by atoms with E-state index in [0.717, 1.165) is 42.5 Å². The summed E-state index contributed by atoms with van der Waals surface area (Å²) in [7, 11) is 0. The van der Waals surface area contributed by atoms with E-state index in [2.05, 4.69) is 30.9 Å². The molecule has 2 aliphatic heterocycles. The number of halogens is 4. The van der Waals surface area contributed by atoms with Gasteiger partial charge in [-0.15, -0.1) is 0 Å². The van der Waals surface area contributed by atoms with Crippen molar-refractivity contribution in [1.29, 1.82) is 0 Å². The lowest BCUT2D eigenvalue weighted by molar-refractivity contribution is -0.192. The number of aliphatic imine (C=N–C) groups is 1.